The number of halogens is 1. The number of nitrogens with zero attached hydrogens (tertiary/aromatic N) is 1. The van der Waals surface area contributed by atoms with Gasteiger partial charge in [0.1, 0.15) is 0 Å². The minimum Gasteiger partial charge on any atom is -0.376 e. The second-order valence-corrected chi connectivity index (χ2v) is 5.13. The quantitative estimate of drug-likeness (QED) is 0.880. The highest BCUT2D eigenvalue weighted by Crippen LogP contribution is 2.17. The molecule has 2 aromatic carbocycles. The minimum absolute atomic E-state index is 0.0567. The van der Waals surface area contributed by atoms with Crippen molar-refractivity contribution in [3.05, 3.63) is 65.2 Å². The van der Waals surface area contributed by atoms with Crippen LogP contribution in [0.15, 0.2) is 54.6 Å². The van der Waals surface area contributed by atoms with Gasteiger partial charge in [0.05, 0.1) is 6.54 Å². The van der Waals surface area contributed by atoms with E-state index in [1.165, 1.54) is 0 Å². The lowest BCUT2D eigenvalue weighted by molar-refractivity contribution is -0.129. The molecule has 0 aliphatic rings. The molecule has 0 aliphatic heterocycles. The van der Waals surface area contributed by atoms with Gasteiger partial charge in [-0.3, -0.25) is 4.79 Å². The number of benzene rings is 2. The highest BCUT2D eigenvalue weighted by molar-refractivity contribution is 6.31. The number of likely N-dealkylation sites (N-methyl/N-ethyl adjacent to an activating group) is 1. The van der Waals surface area contributed by atoms with E-state index in [4.69, 9.17) is 11.6 Å². The summed E-state index contributed by atoms with van der Waals surface area (Å²) >= 11 is 6.15. The fourth-order valence-electron chi connectivity index (χ4n) is 2.05. The zero-order chi connectivity index (χ0) is 15.1. The Bertz CT molecular complexity index is 586. The van der Waals surface area contributed by atoms with Crippen LogP contribution in [0.3, 0.4) is 0 Å². The molecule has 2 aromatic rings. The van der Waals surface area contributed by atoms with Gasteiger partial charge in [-0.2, -0.15) is 0 Å². The molecule has 0 unspecified atom stereocenters. The normalized spacial score (nSPS) is 10.2. The minimum atomic E-state index is 0.0567. The van der Waals surface area contributed by atoms with Crippen LogP contribution < -0.4 is 5.32 Å². The Morgan fingerprint density at radius 3 is 2.43 bits per heavy atom. The van der Waals surface area contributed by atoms with Gasteiger partial charge in [-0.05, 0) is 30.7 Å². The Kier molecular flexibility index (Phi) is 5.64. The third-order valence-corrected chi connectivity index (χ3v) is 3.64. The van der Waals surface area contributed by atoms with Crippen molar-refractivity contribution in [2.24, 2.45) is 0 Å². The summed E-state index contributed by atoms with van der Waals surface area (Å²) in [6.45, 7) is 3.44. The van der Waals surface area contributed by atoms with E-state index in [1.54, 1.807) is 4.90 Å². The van der Waals surface area contributed by atoms with Gasteiger partial charge in [0, 0.05) is 23.8 Å². The first-order chi connectivity index (χ1) is 10.2. The van der Waals surface area contributed by atoms with Crippen LogP contribution >= 0.6 is 11.6 Å². The molecule has 0 spiro atoms. The average Bonchev–Trinajstić information content (AvgIpc) is 2.53. The number of nitrogens with one attached hydrogen (secondary N) is 1. The maximum Gasteiger partial charge on any atom is 0.242 e. The smallest absolute Gasteiger partial charge is 0.242 e. The Balaban J connectivity index is 1.94. The van der Waals surface area contributed by atoms with Gasteiger partial charge in [-0.15, -0.1) is 0 Å². The molecule has 0 atom stereocenters. The molecule has 0 heterocycles. The van der Waals surface area contributed by atoms with Crippen molar-refractivity contribution < 1.29 is 4.79 Å². The van der Waals surface area contributed by atoms with E-state index in [2.05, 4.69) is 5.32 Å². The van der Waals surface area contributed by atoms with Crippen LogP contribution in [0, 0.1) is 0 Å². The first kappa shape index (κ1) is 15.4. The predicted molar refractivity (Wildman–Crippen MR) is 87.5 cm³/mol. The first-order valence-electron chi connectivity index (χ1n) is 7.00. The van der Waals surface area contributed by atoms with Crippen molar-refractivity contribution >= 4 is 23.2 Å². The SMILES string of the molecule is CCN(Cc1ccccc1Cl)C(=O)CNc1ccccc1. The second kappa shape index (κ2) is 7.70. The zero-order valence-corrected chi connectivity index (χ0v) is 12.8. The lowest BCUT2D eigenvalue weighted by Gasteiger charge is -2.22. The molecule has 1 amide bonds. The van der Waals surface area contributed by atoms with Gasteiger partial charge >= 0.3 is 0 Å². The predicted octanol–water partition coefficient (Wildman–Crippen LogP) is 3.80. The van der Waals surface area contributed by atoms with E-state index in [1.807, 2.05) is 61.5 Å². The van der Waals surface area contributed by atoms with Crippen molar-refractivity contribution in [3.8, 4) is 0 Å². The number of amides is 1. The number of carbonyl (C=O) groups is 1. The monoisotopic (exact) mass is 302 g/mol. The van der Waals surface area contributed by atoms with Gasteiger partial charge in [-0.25, -0.2) is 0 Å². The number of para-hydroxylation sites is 1. The molecule has 0 fully saturated rings. The van der Waals surface area contributed by atoms with Crippen LogP contribution in [-0.4, -0.2) is 23.9 Å². The average molecular weight is 303 g/mol. The van der Waals surface area contributed by atoms with Crippen LogP contribution in [0.4, 0.5) is 5.69 Å². The molecule has 0 aromatic heterocycles. The molecule has 2 rings (SSSR count). The van der Waals surface area contributed by atoms with E-state index in [-0.39, 0.29) is 12.5 Å². The van der Waals surface area contributed by atoms with Crippen molar-refractivity contribution in [1.82, 2.24) is 4.90 Å². The summed E-state index contributed by atoms with van der Waals surface area (Å²) in [7, 11) is 0. The Labute approximate surface area is 130 Å². The summed E-state index contributed by atoms with van der Waals surface area (Å²) in [4.78, 5) is 14.1. The van der Waals surface area contributed by atoms with Gasteiger partial charge < -0.3 is 10.2 Å². The van der Waals surface area contributed by atoms with Gasteiger partial charge in [-0.1, -0.05) is 48.0 Å². The van der Waals surface area contributed by atoms with Gasteiger partial charge in [0.2, 0.25) is 5.91 Å². The van der Waals surface area contributed by atoms with Gasteiger partial charge in [0.25, 0.3) is 0 Å². The van der Waals surface area contributed by atoms with Crippen LogP contribution in [-0.2, 0) is 11.3 Å². The van der Waals surface area contributed by atoms with Crippen LogP contribution in [0.1, 0.15) is 12.5 Å². The lowest BCUT2D eigenvalue weighted by Crippen LogP contribution is -2.35. The summed E-state index contributed by atoms with van der Waals surface area (Å²) in [5.74, 6) is 0.0567. The number of hydrogen-bond acceptors (Lipinski definition) is 2. The fourth-order valence-corrected chi connectivity index (χ4v) is 2.25. The maximum atomic E-state index is 12.3. The van der Waals surface area contributed by atoms with E-state index in [0.717, 1.165) is 11.3 Å². The molecule has 1 N–H and O–H groups in total. The Morgan fingerprint density at radius 2 is 1.76 bits per heavy atom. The molecular formula is C17H19ClN2O. The largest absolute Gasteiger partial charge is 0.376 e. The molecule has 21 heavy (non-hydrogen) atoms. The maximum absolute atomic E-state index is 12.3. The van der Waals surface area contributed by atoms with E-state index in [0.29, 0.717) is 18.1 Å². The molecule has 3 nitrogen and oxygen atoms in total. The Hall–Kier alpha value is -2.00. The molecule has 0 aliphatic carbocycles. The van der Waals surface area contributed by atoms with E-state index < -0.39 is 0 Å². The number of rotatable bonds is 6. The van der Waals surface area contributed by atoms with Gasteiger partial charge in [0.15, 0.2) is 0 Å². The molecule has 0 saturated carbocycles. The summed E-state index contributed by atoms with van der Waals surface area (Å²) in [5, 5.41) is 3.83. The van der Waals surface area contributed by atoms with Crippen LogP contribution in [0.5, 0.6) is 0 Å². The fraction of sp³-hybridized carbons (Fsp3) is 0.235. The van der Waals surface area contributed by atoms with Crippen LogP contribution in [0.2, 0.25) is 5.02 Å². The zero-order valence-electron chi connectivity index (χ0n) is 12.1. The van der Waals surface area contributed by atoms with Crippen molar-refractivity contribution in [3.63, 3.8) is 0 Å². The summed E-state index contributed by atoms with van der Waals surface area (Å²) in [5.41, 5.74) is 1.91. The molecule has 0 saturated heterocycles. The van der Waals surface area contributed by atoms with Crippen LogP contribution in [0.25, 0.3) is 0 Å². The summed E-state index contributed by atoms with van der Waals surface area (Å²) < 4.78 is 0. The van der Waals surface area contributed by atoms with E-state index >= 15 is 0 Å². The van der Waals surface area contributed by atoms with Crippen molar-refractivity contribution in [1.29, 1.82) is 0 Å². The molecule has 0 radical (unpaired) electrons. The third kappa shape index (κ3) is 4.50. The molecule has 0 bridgehead atoms. The first-order valence-corrected chi connectivity index (χ1v) is 7.38. The molecular weight excluding hydrogens is 284 g/mol. The highest BCUT2D eigenvalue weighted by atomic mass is 35.5. The number of anilines is 1. The third-order valence-electron chi connectivity index (χ3n) is 3.27. The summed E-state index contributed by atoms with van der Waals surface area (Å²) in [6, 6.07) is 17.3. The topological polar surface area (TPSA) is 32.3 Å². The number of carbonyl (C=O) groups excluding carboxylic acids is 1. The Morgan fingerprint density at radius 1 is 1.10 bits per heavy atom. The summed E-state index contributed by atoms with van der Waals surface area (Å²) in [6.07, 6.45) is 0. The second-order valence-electron chi connectivity index (χ2n) is 4.72. The van der Waals surface area contributed by atoms with Crippen molar-refractivity contribution in [2.45, 2.75) is 13.5 Å². The number of hydrogen-bond donors (Lipinski definition) is 1. The highest BCUT2D eigenvalue weighted by Gasteiger charge is 2.13. The lowest BCUT2D eigenvalue weighted by atomic mass is 10.2. The van der Waals surface area contributed by atoms with E-state index in [9.17, 15) is 4.79 Å². The van der Waals surface area contributed by atoms with Crippen molar-refractivity contribution in [2.75, 3.05) is 18.4 Å². The standard InChI is InChI=1S/C17H19ClN2O/c1-2-20(13-14-8-6-7-11-16(14)18)17(21)12-19-15-9-4-3-5-10-15/h3-11,19H,2,12-13H2,1H3. The molecule has 4 heteroatoms. The molecule has 110 valence electrons.